The Morgan fingerprint density at radius 3 is 2.76 bits per heavy atom. The van der Waals surface area contributed by atoms with Crippen molar-refractivity contribution in [3.05, 3.63) is 57.0 Å². The van der Waals surface area contributed by atoms with Gasteiger partial charge in [-0.25, -0.2) is 4.39 Å². The number of halogens is 2. The van der Waals surface area contributed by atoms with Gasteiger partial charge in [0.1, 0.15) is 34.0 Å². The first kappa shape index (κ1) is 19.7. The highest BCUT2D eigenvalue weighted by atomic mass is 35.5. The zero-order valence-corrected chi connectivity index (χ0v) is 16.3. The van der Waals surface area contributed by atoms with Crippen LogP contribution in [0.5, 0.6) is 11.5 Å². The largest absolute Gasteiger partial charge is 0.507 e. The van der Waals surface area contributed by atoms with Crippen LogP contribution in [0.2, 0.25) is 5.02 Å². The van der Waals surface area contributed by atoms with Crippen LogP contribution < -0.4 is 5.43 Å². The lowest BCUT2D eigenvalue weighted by Gasteiger charge is -2.24. The van der Waals surface area contributed by atoms with E-state index in [1.54, 1.807) is 0 Å². The van der Waals surface area contributed by atoms with Crippen molar-refractivity contribution in [2.75, 3.05) is 20.2 Å². The van der Waals surface area contributed by atoms with Crippen molar-refractivity contribution in [2.24, 2.45) is 0 Å². The normalized spacial score (nSPS) is 19.9. The van der Waals surface area contributed by atoms with E-state index in [2.05, 4.69) is 0 Å². The van der Waals surface area contributed by atoms with Gasteiger partial charge in [-0.15, -0.1) is 0 Å². The summed E-state index contributed by atoms with van der Waals surface area (Å²) in [4.78, 5) is 14.7. The summed E-state index contributed by atoms with van der Waals surface area (Å²) in [6.07, 6.45) is 0.615. The number of hydrogen-bond acceptors (Lipinski definition) is 6. The fourth-order valence-corrected chi connectivity index (χ4v) is 4.34. The first-order chi connectivity index (χ1) is 13.8. The van der Waals surface area contributed by atoms with Crippen molar-refractivity contribution >= 4 is 22.6 Å². The molecule has 1 saturated heterocycles. The molecule has 3 N–H and O–H groups in total. The Morgan fingerprint density at radius 2 is 2.03 bits per heavy atom. The van der Waals surface area contributed by atoms with E-state index >= 15 is 0 Å². The lowest BCUT2D eigenvalue weighted by atomic mass is 9.89. The predicted octanol–water partition coefficient (Wildman–Crippen LogP) is 3.44. The van der Waals surface area contributed by atoms with Crippen LogP contribution in [-0.2, 0) is 0 Å². The van der Waals surface area contributed by atoms with E-state index in [4.69, 9.17) is 16.0 Å². The number of phenols is 2. The van der Waals surface area contributed by atoms with E-state index in [1.165, 1.54) is 18.2 Å². The van der Waals surface area contributed by atoms with Crippen LogP contribution in [0.1, 0.15) is 17.9 Å². The molecule has 2 heterocycles. The van der Waals surface area contributed by atoms with Gasteiger partial charge < -0.3 is 24.6 Å². The SMILES string of the molecule is CN1CCC(c2c(O)cc(O)c3c(=O)cc(-c4cccc(F)c4Cl)oc23)C1CO. The number of phenolic OH excluding ortho intramolecular Hbond substituents is 2. The number of likely N-dealkylation sites (tertiary alicyclic amines) is 1. The second-order valence-electron chi connectivity index (χ2n) is 7.23. The Morgan fingerprint density at radius 1 is 1.28 bits per heavy atom. The Hall–Kier alpha value is -2.61. The van der Waals surface area contributed by atoms with Gasteiger partial charge >= 0.3 is 0 Å². The number of aliphatic hydroxyl groups excluding tert-OH is 1. The predicted molar refractivity (Wildman–Crippen MR) is 107 cm³/mol. The molecule has 6 nitrogen and oxygen atoms in total. The molecule has 1 aromatic heterocycles. The van der Waals surface area contributed by atoms with Crippen LogP contribution in [0.4, 0.5) is 4.39 Å². The molecule has 1 aliphatic rings. The van der Waals surface area contributed by atoms with Gasteiger partial charge in [-0.2, -0.15) is 0 Å². The van der Waals surface area contributed by atoms with Gasteiger partial charge in [-0.1, -0.05) is 17.7 Å². The maximum Gasteiger partial charge on any atom is 0.197 e. The molecule has 8 heteroatoms. The fraction of sp³-hybridized carbons (Fsp3) is 0.286. The van der Waals surface area contributed by atoms with Crippen LogP contribution in [0.25, 0.3) is 22.3 Å². The van der Waals surface area contributed by atoms with Gasteiger partial charge in [-0.05, 0) is 32.1 Å². The van der Waals surface area contributed by atoms with Gasteiger partial charge in [0, 0.05) is 35.2 Å². The van der Waals surface area contributed by atoms with Gasteiger partial charge in [0.25, 0.3) is 0 Å². The standard InChI is InChI=1S/C21H19ClFNO5/c1-24-6-5-10(13(24)9-25)18-14(26)7-15(27)19-16(28)8-17(29-21(18)19)11-3-2-4-12(23)20(11)22/h2-4,7-8,10,13,25-27H,5-6,9H2,1H3. The van der Waals surface area contributed by atoms with Crippen LogP contribution in [0, 0.1) is 5.82 Å². The molecule has 0 spiro atoms. The van der Waals surface area contributed by atoms with E-state index in [9.17, 15) is 24.5 Å². The minimum Gasteiger partial charge on any atom is -0.507 e. The molecule has 2 aromatic carbocycles. The minimum atomic E-state index is -0.663. The summed E-state index contributed by atoms with van der Waals surface area (Å²) in [5, 5.41) is 30.4. The topological polar surface area (TPSA) is 94.1 Å². The van der Waals surface area contributed by atoms with Gasteiger partial charge in [0.2, 0.25) is 0 Å². The fourth-order valence-electron chi connectivity index (χ4n) is 4.12. The highest BCUT2D eigenvalue weighted by Crippen LogP contribution is 2.44. The molecule has 4 rings (SSSR count). The Labute approximate surface area is 170 Å². The molecule has 3 aromatic rings. The highest BCUT2D eigenvalue weighted by Gasteiger charge is 2.36. The van der Waals surface area contributed by atoms with Crippen LogP contribution in [0.15, 0.2) is 39.5 Å². The number of likely N-dealkylation sites (N-methyl/N-ethyl adjacent to an activating group) is 1. The van der Waals surface area contributed by atoms with E-state index in [0.29, 0.717) is 18.5 Å². The Bertz CT molecular complexity index is 1160. The van der Waals surface area contributed by atoms with Crippen LogP contribution in [0.3, 0.4) is 0 Å². The maximum atomic E-state index is 13.9. The molecule has 0 radical (unpaired) electrons. The summed E-state index contributed by atoms with van der Waals surface area (Å²) in [6.45, 7) is 0.528. The van der Waals surface area contributed by atoms with E-state index < -0.39 is 17.0 Å². The Balaban J connectivity index is 2.03. The van der Waals surface area contributed by atoms with Gasteiger partial charge in [0.05, 0.1) is 11.6 Å². The number of aromatic hydroxyl groups is 2. The lowest BCUT2D eigenvalue weighted by Crippen LogP contribution is -2.32. The third-order valence-corrected chi connectivity index (χ3v) is 5.98. The molecule has 29 heavy (non-hydrogen) atoms. The summed E-state index contributed by atoms with van der Waals surface area (Å²) in [5.41, 5.74) is -0.0364. The number of aliphatic hydroxyl groups is 1. The van der Waals surface area contributed by atoms with Crippen molar-refractivity contribution in [3.8, 4) is 22.8 Å². The van der Waals surface area contributed by atoms with E-state index in [1.807, 2.05) is 11.9 Å². The zero-order valence-electron chi connectivity index (χ0n) is 15.5. The van der Waals surface area contributed by atoms with Gasteiger partial charge in [0.15, 0.2) is 5.43 Å². The lowest BCUT2D eigenvalue weighted by molar-refractivity contribution is 0.172. The van der Waals surface area contributed by atoms with Crippen molar-refractivity contribution in [2.45, 2.75) is 18.4 Å². The molecule has 1 fully saturated rings. The average Bonchev–Trinajstić information content (AvgIpc) is 3.03. The molecular formula is C21H19ClFNO5. The molecule has 0 saturated carbocycles. The summed E-state index contributed by atoms with van der Waals surface area (Å²) in [5.74, 6) is -1.62. The molecule has 152 valence electrons. The summed E-state index contributed by atoms with van der Waals surface area (Å²) < 4.78 is 19.8. The molecule has 0 bridgehead atoms. The van der Waals surface area contributed by atoms with Crippen molar-refractivity contribution < 1.29 is 24.1 Å². The molecular weight excluding hydrogens is 401 g/mol. The van der Waals surface area contributed by atoms with Crippen molar-refractivity contribution in [3.63, 3.8) is 0 Å². The number of benzene rings is 2. The number of hydrogen-bond donors (Lipinski definition) is 3. The smallest absolute Gasteiger partial charge is 0.197 e. The second-order valence-corrected chi connectivity index (χ2v) is 7.61. The maximum absolute atomic E-state index is 13.9. The first-order valence-electron chi connectivity index (χ1n) is 9.11. The number of nitrogens with zero attached hydrogens (tertiary/aromatic N) is 1. The molecule has 0 aliphatic carbocycles. The molecule has 2 atom stereocenters. The Kier molecular flexibility index (Phi) is 4.98. The monoisotopic (exact) mass is 419 g/mol. The van der Waals surface area contributed by atoms with Crippen LogP contribution in [-0.4, -0.2) is 46.5 Å². The van der Waals surface area contributed by atoms with Crippen molar-refractivity contribution in [1.82, 2.24) is 4.90 Å². The van der Waals surface area contributed by atoms with Gasteiger partial charge in [-0.3, -0.25) is 4.79 Å². The number of fused-ring (bicyclic) bond motifs is 1. The number of rotatable bonds is 3. The zero-order chi connectivity index (χ0) is 20.9. The molecule has 1 aliphatic heterocycles. The van der Waals surface area contributed by atoms with E-state index in [-0.39, 0.29) is 51.6 Å². The summed E-state index contributed by atoms with van der Waals surface area (Å²) >= 11 is 6.05. The third kappa shape index (κ3) is 3.15. The van der Waals surface area contributed by atoms with Crippen molar-refractivity contribution in [1.29, 1.82) is 0 Å². The highest BCUT2D eigenvalue weighted by molar-refractivity contribution is 6.33. The minimum absolute atomic E-state index is 0.00378. The first-order valence-corrected chi connectivity index (χ1v) is 9.49. The van der Waals surface area contributed by atoms with E-state index in [0.717, 1.165) is 12.1 Å². The quantitative estimate of drug-likeness (QED) is 0.602. The average molecular weight is 420 g/mol. The van der Waals surface area contributed by atoms with Crippen LogP contribution >= 0.6 is 11.6 Å². The molecule has 2 unspecified atom stereocenters. The summed E-state index contributed by atoms with van der Waals surface area (Å²) in [7, 11) is 1.86. The summed E-state index contributed by atoms with van der Waals surface area (Å²) in [6, 6.07) is 6.09. The third-order valence-electron chi connectivity index (χ3n) is 5.60. The molecule has 0 amide bonds. The second kappa shape index (κ2) is 7.33.